The predicted molar refractivity (Wildman–Crippen MR) is 93.8 cm³/mol. The maximum Gasteiger partial charge on any atom is 0.224 e. The molecule has 0 bridgehead atoms. The Balaban J connectivity index is 1.68. The van der Waals surface area contributed by atoms with Crippen molar-refractivity contribution in [1.82, 2.24) is 14.9 Å². The van der Waals surface area contributed by atoms with E-state index in [-0.39, 0.29) is 17.9 Å². The van der Waals surface area contributed by atoms with Crippen molar-refractivity contribution >= 4 is 40.8 Å². The summed E-state index contributed by atoms with van der Waals surface area (Å²) in [5, 5.41) is 6.15. The van der Waals surface area contributed by atoms with E-state index in [1.165, 1.54) is 0 Å². The zero-order valence-corrected chi connectivity index (χ0v) is 14.5. The Kier molecular flexibility index (Phi) is 5.02. The molecule has 1 aliphatic heterocycles. The minimum absolute atomic E-state index is 0.0722. The number of nitrogens with two attached hydrogens (primary N) is 1. The van der Waals surface area contributed by atoms with Crippen molar-refractivity contribution in [2.45, 2.75) is 35.0 Å². The number of amides is 1. The third-order valence-electron chi connectivity index (χ3n) is 3.48. The molecule has 3 rings (SSSR count). The first kappa shape index (κ1) is 16.1. The largest absolute Gasteiger partial charge is 0.368 e. The second-order valence-corrected chi connectivity index (χ2v) is 7.64. The number of likely N-dealkylation sites (tertiary alicyclic amines) is 1. The van der Waals surface area contributed by atoms with E-state index >= 15 is 0 Å². The minimum Gasteiger partial charge on any atom is -0.368 e. The van der Waals surface area contributed by atoms with Gasteiger partial charge in [0.15, 0.2) is 0 Å². The lowest BCUT2D eigenvalue weighted by Gasteiger charge is -2.16. The SMILES string of the molecule is CCCN1CC(Nc2cc(Sc3cccs3)nc(N)n2)CC1=O. The Labute approximate surface area is 143 Å². The average Bonchev–Trinajstić information content (AvgIpc) is 3.09. The third-order valence-corrected chi connectivity index (χ3v) is 5.44. The fraction of sp³-hybridized carbons (Fsp3) is 0.400. The number of anilines is 2. The number of thiophene rings is 1. The molecule has 2 aromatic heterocycles. The molecule has 6 nitrogen and oxygen atoms in total. The number of carbonyl (C=O) groups is 1. The molecule has 2 aromatic rings. The smallest absolute Gasteiger partial charge is 0.224 e. The molecule has 3 heterocycles. The van der Waals surface area contributed by atoms with E-state index in [0.717, 1.165) is 22.2 Å². The molecule has 1 saturated heterocycles. The molecule has 1 atom stereocenters. The van der Waals surface area contributed by atoms with E-state index in [1.54, 1.807) is 23.1 Å². The van der Waals surface area contributed by atoms with Gasteiger partial charge in [0, 0.05) is 25.6 Å². The van der Waals surface area contributed by atoms with Gasteiger partial charge in [-0.2, -0.15) is 4.98 Å². The molecule has 23 heavy (non-hydrogen) atoms. The number of rotatable bonds is 6. The zero-order chi connectivity index (χ0) is 16.2. The van der Waals surface area contributed by atoms with Crippen molar-refractivity contribution in [1.29, 1.82) is 0 Å². The molecule has 122 valence electrons. The summed E-state index contributed by atoms with van der Waals surface area (Å²) in [6.45, 7) is 3.60. The van der Waals surface area contributed by atoms with Gasteiger partial charge in [0.05, 0.1) is 10.3 Å². The van der Waals surface area contributed by atoms with Crippen molar-refractivity contribution in [3.8, 4) is 0 Å². The Morgan fingerprint density at radius 1 is 1.52 bits per heavy atom. The topological polar surface area (TPSA) is 84.1 Å². The lowest BCUT2D eigenvalue weighted by Crippen LogP contribution is -2.28. The summed E-state index contributed by atoms with van der Waals surface area (Å²) in [6, 6.07) is 6.00. The maximum atomic E-state index is 11.9. The van der Waals surface area contributed by atoms with Crippen LogP contribution in [0.1, 0.15) is 19.8 Å². The quantitative estimate of drug-likeness (QED) is 0.780. The number of hydrogen-bond donors (Lipinski definition) is 2. The Morgan fingerprint density at radius 2 is 2.39 bits per heavy atom. The lowest BCUT2D eigenvalue weighted by atomic mass is 10.2. The van der Waals surface area contributed by atoms with Gasteiger partial charge in [-0.15, -0.1) is 11.3 Å². The fourth-order valence-corrected chi connectivity index (χ4v) is 4.28. The predicted octanol–water partition coefficient (Wildman–Crippen LogP) is 2.69. The van der Waals surface area contributed by atoms with E-state index in [1.807, 2.05) is 28.5 Å². The highest BCUT2D eigenvalue weighted by atomic mass is 32.2. The first-order chi connectivity index (χ1) is 11.1. The highest BCUT2D eigenvalue weighted by Crippen LogP contribution is 2.31. The fourth-order valence-electron chi connectivity index (χ4n) is 2.56. The molecule has 8 heteroatoms. The van der Waals surface area contributed by atoms with Crippen LogP contribution >= 0.6 is 23.1 Å². The van der Waals surface area contributed by atoms with E-state index in [4.69, 9.17) is 5.73 Å². The molecular formula is C15H19N5OS2. The van der Waals surface area contributed by atoms with Gasteiger partial charge >= 0.3 is 0 Å². The van der Waals surface area contributed by atoms with Crippen LogP contribution < -0.4 is 11.1 Å². The number of nitrogens with one attached hydrogen (secondary N) is 1. The van der Waals surface area contributed by atoms with Crippen LogP contribution in [0.4, 0.5) is 11.8 Å². The summed E-state index contributed by atoms with van der Waals surface area (Å²) in [6.07, 6.45) is 1.47. The Bertz CT molecular complexity index is 677. The van der Waals surface area contributed by atoms with Crippen LogP contribution in [-0.4, -0.2) is 39.9 Å². The molecule has 1 unspecified atom stereocenters. The van der Waals surface area contributed by atoms with E-state index in [0.29, 0.717) is 18.8 Å². The second kappa shape index (κ2) is 7.18. The molecule has 1 fully saturated rings. The standard InChI is InChI=1S/C15H19N5OS2/c1-2-5-20-9-10(7-13(20)21)17-11-8-12(19-15(16)18-11)23-14-4-3-6-22-14/h3-4,6,8,10H,2,5,7,9H2,1H3,(H3,16,17,18,19). The lowest BCUT2D eigenvalue weighted by molar-refractivity contribution is -0.127. The van der Waals surface area contributed by atoms with Gasteiger partial charge in [-0.05, 0) is 17.9 Å². The highest BCUT2D eigenvalue weighted by Gasteiger charge is 2.29. The first-order valence-corrected chi connectivity index (χ1v) is 9.24. The normalized spacial score (nSPS) is 17.7. The first-order valence-electron chi connectivity index (χ1n) is 7.54. The maximum absolute atomic E-state index is 11.9. The van der Waals surface area contributed by atoms with Crippen molar-refractivity contribution in [2.24, 2.45) is 0 Å². The monoisotopic (exact) mass is 349 g/mol. The summed E-state index contributed by atoms with van der Waals surface area (Å²) in [5.41, 5.74) is 5.82. The second-order valence-electron chi connectivity index (χ2n) is 5.37. The minimum atomic E-state index is 0.0722. The van der Waals surface area contributed by atoms with Gasteiger partial charge in [0.1, 0.15) is 10.8 Å². The molecule has 1 amide bonds. The molecule has 0 saturated carbocycles. The average molecular weight is 349 g/mol. The van der Waals surface area contributed by atoms with Crippen molar-refractivity contribution in [2.75, 3.05) is 24.1 Å². The summed E-state index contributed by atoms with van der Waals surface area (Å²) >= 11 is 3.22. The number of hydrogen-bond acceptors (Lipinski definition) is 7. The summed E-state index contributed by atoms with van der Waals surface area (Å²) in [4.78, 5) is 22.3. The van der Waals surface area contributed by atoms with Gasteiger partial charge in [-0.1, -0.05) is 24.8 Å². The van der Waals surface area contributed by atoms with Crippen molar-refractivity contribution in [3.63, 3.8) is 0 Å². The zero-order valence-electron chi connectivity index (χ0n) is 12.9. The van der Waals surface area contributed by atoms with E-state index in [2.05, 4.69) is 22.2 Å². The van der Waals surface area contributed by atoms with Crippen molar-refractivity contribution < 1.29 is 4.79 Å². The molecular weight excluding hydrogens is 330 g/mol. The number of nitrogens with zero attached hydrogens (tertiary/aromatic N) is 3. The van der Waals surface area contributed by atoms with Gasteiger partial charge < -0.3 is 16.0 Å². The Hall–Kier alpha value is -1.80. The van der Waals surface area contributed by atoms with Gasteiger partial charge in [-0.3, -0.25) is 4.79 Å². The Morgan fingerprint density at radius 3 is 3.13 bits per heavy atom. The van der Waals surface area contributed by atoms with Crippen molar-refractivity contribution in [3.05, 3.63) is 23.6 Å². The molecule has 0 aliphatic carbocycles. The number of carbonyl (C=O) groups excluding carboxylic acids is 1. The molecule has 0 aromatic carbocycles. The van der Waals surface area contributed by atoms with Crippen LogP contribution in [0.5, 0.6) is 0 Å². The van der Waals surface area contributed by atoms with Gasteiger partial charge in [0.25, 0.3) is 0 Å². The van der Waals surface area contributed by atoms with Crippen LogP contribution in [0.3, 0.4) is 0 Å². The van der Waals surface area contributed by atoms with Gasteiger partial charge in [0.2, 0.25) is 11.9 Å². The van der Waals surface area contributed by atoms with Gasteiger partial charge in [-0.25, -0.2) is 4.98 Å². The molecule has 0 radical (unpaired) electrons. The van der Waals surface area contributed by atoms with Crippen LogP contribution in [0.2, 0.25) is 0 Å². The summed E-state index contributed by atoms with van der Waals surface area (Å²) in [7, 11) is 0. The van der Waals surface area contributed by atoms with Crippen LogP contribution in [0.15, 0.2) is 32.8 Å². The highest BCUT2D eigenvalue weighted by molar-refractivity contribution is 8.01. The summed E-state index contributed by atoms with van der Waals surface area (Å²) < 4.78 is 1.15. The number of nitrogen functional groups attached to an aromatic ring is 1. The summed E-state index contributed by atoms with van der Waals surface area (Å²) in [5.74, 6) is 1.11. The number of aromatic nitrogens is 2. The van der Waals surface area contributed by atoms with Crippen LogP contribution in [0.25, 0.3) is 0 Å². The molecule has 0 spiro atoms. The third kappa shape index (κ3) is 4.14. The van der Waals surface area contributed by atoms with E-state index < -0.39 is 0 Å². The van der Waals surface area contributed by atoms with E-state index in [9.17, 15) is 4.79 Å². The molecule has 3 N–H and O–H groups in total. The van der Waals surface area contributed by atoms with Crippen LogP contribution in [-0.2, 0) is 4.79 Å². The molecule has 1 aliphatic rings. The van der Waals surface area contributed by atoms with Crippen LogP contribution in [0, 0.1) is 0 Å².